The van der Waals surface area contributed by atoms with Crippen LogP contribution in [0, 0.1) is 0 Å². The first-order valence-electron chi connectivity index (χ1n) is 2.69. The van der Waals surface area contributed by atoms with Crippen molar-refractivity contribution >= 4 is 5.78 Å². The Morgan fingerprint density at radius 1 is 1.44 bits per heavy atom. The van der Waals surface area contributed by atoms with Crippen molar-refractivity contribution in [1.29, 1.82) is 0 Å². The van der Waals surface area contributed by atoms with E-state index in [-0.39, 0.29) is 35.3 Å². The summed E-state index contributed by atoms with van der Waals surface area (Å²) in [5, 5.41) is 9.96. The predicted octanol–water partition coefficient (Wildman–Crippen LogP) is -3.01. The summed E-state index contributed by atoms with van der Waals surface area (Å²) >= 11 is 0. The Kier molecular flexibility index (Phi) is 4.19. The molecule has 0 N–H and O–H groups in total. The van der Waals surface area contributed by atoms with E-state index in [4.69, 9.17) is 0 Å². The van der Waals surface area contributed by atoms with Gasteiger partial charge in [-0.15, -0.1) is 6.26 Å². The second-order valence-corrected chi connectivity index (χ2v) is 1.92. The minimum absolute atomic E-state index is 0. The number of ketones is 1. The van der Waals surface area contributed by atoms with Gasteiger partial charge >= 0.3 is 29.6 Å². The van der Waals surface area contributed by atoms with Gasteiger partial charge in [-0.3, -0.25) is 4.79 Å². The fraction of sp³-hybridized carbons (Fsp3) is 0.500. The topological polar surface area (TPSA) is 40.1 Å². The number of Topliss-reactive ketones (excluding diaryl/α,β-unsaturated/α-hetero) is 1. The average Bonchev–Trinajstić information content (AvgIpc) is 2.14. The van der Waals surface area contributed by atoms with E-state index in [1.807, 2.05) is 0 Å². The van der Waals surface area contributed by atoms with Crippen molar-refractivity contribution in [1.82, 2.24) is 0 Å². The number of allylic oxidation sites excluding steroid dienone is 1. The SMILES string of the molecule is O=C1CCC/C1=C\[O-].[Na+]. The summed E-state index contributed by atoms with van der Waals surface area (Å²) in [5.74, 6) is 0.0417. The van der Waals surface area contributed by atoms with Crippen LogP contribution in [0.1, 0.15) is 19.3 Å². The van der Waals surface area contributed by atoms with Crippen molar-refractivity contribution in [2.24, 2.45) is 0 Å². The van der Waals surface area contributed by atoms with Crippen molar-refractivity contribution in [2.75, 3.05) is 0 Å². The van der Waals surface area contributed by atoms with Gasteiger partial charge in [0.15, 0.2) is 5.78 Å². The van der Waals surface area contributed by atoms with Gasteiger partial charge in [0.2, 0.25) is 0 Å². The Hall–Kier alpha value is 0.210. The zero-order valence-corrected chi connectivity index (χ0v) is 7.52. The first-order valence-corrected chi connectivity index (χ1v) is 2.69. The number of rotatable bonds is 0. The number of carbonyl (C=O) groups excluding carboxylic acids is 1. The van der Waals surface area contributed by atoms with E-state index in [1.165, 1.54) is 0 Å². The molecule has 1 aliphatic carbocycles. The van der Waals surface area contributed by atoms with Crippen LogP contribution in [0.4, 0.5) is 0 Å². The summed E-state index contributed by atoms with van der Waals surface area (Å²) in [6.07, 6.45) is 2.82. The fourth-order valence-corrected chi connectivity index (χ4v) is 0.864. The van der Waals surface area contributed by atoms with Crippen LogP contribution < -0.4 is 34.7 Å². The molecule has 9 heavy (non-hydrogen) atoms. The maximum absolute atomic E-state index is 10.5. The van der Waals surface area contributed by atoms with Gasteiger partial charge in [0.05, 0.1) is 0 Å². The Morgan fingerprint density at radius 3 is 2.33 bits per heavy atom. The summed E-state index contributed by atoms with van der Waals surface area (Å²) in [6, 6.07) is 0. The fourth-order valence-electron chi connectivity index (χ4n) is 0.864. The third kappa shape index (κ3) is 2.12. The number of carbonyl (C=O) groups is 1. The smallest absolute Gasteiger partial charge is 0.878 e. The number of hydrogen-bond acceptors (Lipinski definition) is 2. The normalized spacial score (nSPS) is 22.2. The van der Waals surface area contributed by atoms with Crippen LogP contribution >= 0.6 is 0 Å². The summed E-state index contributed by atoms with van der Waals surface area (Å²) in [6.45, 7) is 0. The molecule has 0 aromatic heterocycles. The molecule has 0 amide bonds. The van der Waals surface area contributed by atoms with Gasteiger partial charge in [0.1, 0.15) is 0 Å². The zero-order chi connectivity index (χ0) is 5.98. The van der Waals surface area contributed by atoms with Gasteiger partial charge in [-0.05, 0) is 18.4 Å². The third-order valence-electron chi connectivity index (χ3n) is 1.35. The van der Waals surface area contributed by atoms with E-state index >= 15 is 0 Å². The van der Waals surface area contributed by atoms with Gasteiger partial charge in [-0.1, -0.05) is 0 Å². The first kappa shape index (κ1) is 9.21. The third-order valence-corrected chi connectivity index (χ3v) is 1.35. The van der Waals surface area contributed by atoms with Gasteiger partial charge < -0.3 is 5.11 Å². The largest absolute Gasteiger partial charge is 1.00 e. The summed E-state index contributed by atoms with van der Waals surface area (Å²) in [7, 11) is 0. The molecular weight excluding hydrogens is 127 g/mol. The second-order valence-electron chi connectivity index (χ2n) is 1.92. The van der Waals surface area contributed by atoms with Crippen molar-refractivity contribution in [3.63, 3.8) is 0 Å². The van der Waals surface area contributed by atoms with Gasteiger partial charge in [0, 0.05) is 6.42 Å². The summed E-state index contributed by atoms with van der Waals surface area (Å²) < 4.78 is 0. The Labute approximate surface area is 76.2 Å². The van der Waals surface area contributed by atoms with Crippen molar-refractivity contribution < 1.29 is 39.5 Å². The second kappa shape index (κ2) is 4.09. The molecule has 2 nitrogen and oxygen atoms in total. The molecule has 0 aromatic carbocycles. The minimum atomic E-state index is 0. The molecule has 0 unspecified atom stereocenters. The van der Waals surface area contributed by atoms with Crippen LogP contribution in [0.15, 0.2) is 11.8 Å². The molecule has 1 saturated carbocycles. The number of hydrogen-bond donors (Lipinski definition) is 0. The zero-order valence-electron chi connectivity index (χ0n) is 5.52. The van der Waals surface area contributed by atoms with Crippen LogP contribution in [-0.4, -0.2) is 5.78 Å². The average molecular weight is 134 g/mol. The van der Waals surface area contributed by atoms with Gasteiger partial charge in [-0.25, -0.2) is 0 Å². The van der Waals surface area contributed by atoms with Crippen LogP contribution in [0.2, 0.25) is 0 Å². The van der Waals surface area contributed by atoms with Crippen LogP contribution in [0.5, 0.6) is 0 Å². The molecule has 3 heteroatoms. The maximum Gasteiger partial charge on any atom is 1.00 e. The molecule has 1 fully saturated rings. The maximum atomic E-state index is 10.5. The van der Waals surface area contributed by atoms with Crippen LogP contribution in [-0.2, 0) is 4.79 Å². The van der Waals surface area contributed by atoms with Crippen LogP contribution in [0.25, 0.3) is 0 Å². The molecule has 0 aromatic rings. The molecule has 0 atom stereocenters. The van der Waals surface area contributed by atoms with Crippen molar-refractivity contribution in [3.05, 3.63) is 11.8 Å². The predicted molar refractivity (Wildman–Crippen MR) is 26.9 cm³/mol. The molecule has 0 radical (unpaired) electrons. The first-order chi connectivity index (χ1) is 3.84. The van der Waals surface area contributed by atoms with E-state index in [0.717, 1.165) is 6.42 Å². The van der Waals surface area contributed by atoms with Crippen molar-refractivity contribution in [2.45, 2.75) is 19.3 Å². The Morgan fingerprint density at radius 2 is 2.11 bits per heavy atom. The van der Waals surface area contributed by atoms with E-state index in [0.29, 0.717) is 24.7 Å². The van der Waals surface area contributed by atoms with Crippen molar-refractivity contribution in [3.8, 4) is 0 Å². The molecule has 1 rings (SSSR count). The minimum Gasteiger partial charge on any atom is -0.878 e. The molecule has 1 aliphatic rings. The molecular formula is C6H7NaO2. The molecule has 0 spiro atoms. The Balaban J connectivity index is 0.000000640. The van der Waals surface area contributed by atoms with E-state index in [1.54, 1.807) is 0 Å². The van der Waals surface area contributed by atoms with E-state index in [2.05, 4.69) is 0 Å². The molecule has 0 bridgehead atoms. The monoisotopic (exact) mass is 134 g/mol. The van der Waals surface area contributed by atoms with E-state index < -0.39 is 0 Å². The van der Waals surface area contributed by atoms with Gasteiger partial charge in [-0.2, -0.15) is 0 Å². The van der Waals surface area contributed by atoms with Crippen LogP contribution in [0.3, 0.4) is 0 Å². The quantitative estimate of drug-likeness (QED) is 0.201. The molecule has 0 aliphatic heterocycles. The summed E-state index contributed by atoms with van der Waals surface area (Å²) in [5.41, 5.74) is 0.477. The molecule has 0 heterocycles. The Bertz CT molecular complexity index is 140. The molecule has 0 saturated heterocycles. The van der Waals surface area contributed by atoms with E-state index in [9.17, 15) is 9.90 Å². The molecule has 44 valence electrons. The standard InChI is InChI=1S/C6H8O2.Na/c7-4-5-2-1-3-6(5)8;/h4,7H,1-3H2;/q;+1/p-1/b5-4+;. The summed E-state index contributed by atoms with van der Waals surface area (Å²) in [4.78, 5) is 10.5. The van der Waals surface area contributed by atoms with Gasteiger partial charge in [0.25, 0.3) is 0 Å².